The minimum atomic E-state index is 0.0417. The van der Waals surface area contributed by atoms with Crippen LogP contribution in [0.3, 0.4) is 0 Å². The first-order valence-corrected chi connectivity index (χ1v) is 22.3. The van der Waals surface area contributed by atoms with E-state index in [1.807, 2.05) is 36.4 Å². The second-order valence-corrected chi connectivity index (χ2v) is 18.0. The van der Waals surface area contributed by atoms with Gasteiger partial charge in [0.05, 0.1) is 9.75 Å². The van der Waals surface area contributed by atoms with Gasteiger partial charge in [-0.15, -0.1) is 22.7 Å². The average molecular weight is 829 g/mol. The van der Waals surface area contributed by atoms with Gasteiger partial charge in [0.2, 0.25) is 0 Å². The molecule has 6 nitrogen and oxygen atoms in total. The monoisotopic (exact) mass is 828 g/mol. The summed E-state index contributed by atoms with van der Waals surface area (Å²) in [5.41, 5.74) is 11.7. The lowest BCUT2D eigenvalue weighted by Crippen LogP contribution is -2.27. The Morgan fingerprint density at radius 3 is 1.06 bits per heavy atom. The first kappa shape index (κ1) is 35.3. The molecule has 3 aliphatic rings. The molecule has 290 valence electrons. The van der Waals surface area contributed by atoms with E-state index in [9.17, 15) is 0 Å². The van der Waals surface area contributed by atoms with Gasteiger partial charge in [0.15, 0.2) is 34.9 Å². The molecule has 0 amide bonds. The fraction of sp³-hybridized carbons (Fsp3) is 0.0370. The Hall–Kier alpha value is -7.52. The van der Waals surface area contributed by atoms with Crippen molar-refractivity contribution < 1.29 is 0 Å². The summed E-state index contributed by atoms with van der Waals surface area (Å²) < 4.78 is 2.42. The molecule has 4 aromatic heterocycles. The maximum Gasteiger partial charge on any atom is 0.174 e. The quantitative estimate of drug-likeness (QED) is 0.166. The molecule has 11 aromatic rings. The zero-order chi connectivity index (χ0) is 40.7. The van der Waals surface area contributed by atoms with E-state index in [1.54, 1.807) is 22.7 Å². The van der Waals surface area contributed by atoms with Crippen LogP contribution in [0.4, 0.5) is 0 Å². The summed E-state index contributed by atoms with van der Waals surface area (Å²) in [5.74, 6) is 4.10. The molecule has 7 aromatic carbocycles. The summed E-state index contributed by atoms with van der Waals surface area (Å²) in [6.07, 6.45) is 0. The van der Waals surface area contributed by atoms with E-state index in [4.69, 9.17) is 29.9 Å². The van der Waals surface area contributed by atoms with Gasteiger partial charge in [-0.25, -0.2) is 29.9 Å². The number of fused-ring (bicyclic) bond motifs is 2. The number of aromatic nitrogens is 6. The van der Waals surface area contributed by atoms with Crippen LogP contribution in [-0.2, 0) is 0 Å². The molecule has 0 saturated carbocycles. The minimum Gasteiger partial charge on any atom is -0.208 e. The molecule has 2 atom stereocenters. The summed E-state index contributed by atoms with van der Waals surface area (Å²) in [6, 6.07) is 64.2. The lowest BCUT2D eigenvalue weighted by Gasteiger charge is -2.42. The second kappa shape index (κ2) is 14.0. The van der Waals surface area contributed by atoms with Crippen LogP contribution < -0.4 is 0 Å². The number of nitrogens with zero attached hydrogens (tertiary/aromatic N) is 6. The van der Waals surface area contributed by atoms with Crippen molar-refractivity contribution in [3.63, 3.8) is 0 Å². The van der Waals surface area contributed by atoms with E-state index in [0.717, 1.165) is 32.0 Å². The third-order valence-electron chi connectivity index (χ3n) is 12.2. The van der Waals surface area contributed by atoms with E-state index in [0.29, 0.717) is 34.9 Å². The first-order chi connectivity index (χ1) is 30.7. The number of hydrogen-bond acceptors (Lipinski definition) is 8. The third-order valence-corrected chi connectivity index (χ3v) is 14.4. The summed E-state index contributed by atoms with van der Waals surface area (Å²) in [6.45, 7) is 0. The van der Waals surface area contributed by atoms with Crippen LogP contribution in [0.15, 0.2) is 182 Å². The van der Waals surface area contributed by atoms with Gasteiger partial charge >= 0.3 is 0 Å². The van der Waals surface area contributed by atoms with Gasteiger partial charge in [-0.05, 0) is 80.6 Å². The lowest BCUT2D eigenvalue weighted by atomic mass is 9.61. The summed E-state index contributed by atoms with van der Waals surface area (Å²) in [4.78, 5) is 32.8. The maximum absolute atomic E-state index is 5.18. The molecular formula is C54H32N6S2. The van der Waals surface area contributed by atoms with Gasteiger partial charge in [0, 0.05) is 43.5 Å². The fourth-order valence-electron chi connectivity index (χ4n) is 9.34. The second-order valence-electron chi connectivity index (χ2n) is 15.8. The van der Waals surface area contributed by atoms with Crippen molar-refractivity contribution in [2.45, 2.75) is 11.8 Å². The van der Waals surface area contributed by atoms with E-state index < -0.39 is 0 Å². The van der Waals surface area contributed by atoms with Crippen molar-refractivity contribution >= 4 is 42.8 Å². The van der Waals surface area contributed by atoms with Gasteiger partial charge in [-0.3, -0.25) is 0 Å². The molecule has 0 saturated heterocycles. The Kier molecular flexibility index (Phi) is 7.98. The van der Waals surface area contributed by atoms with Crippen LogP contribution in [0, 0.1) is 0 Å². The number of hydrogen-bond donors (Lipinski definition) is 0. The Bertz CT molecular complexity index is 3260. The summed E-state index contributed by atoms with van der Waals surface area (Å²) in [5, 5.41) is 2.37. The molecule has 2 unspecified atom stereocenters. The van der Waals surface area contributed by atoms with Crippen LogP contribution in [0.1, 0.15) is 45.2 Å². The van der Waals surface area contributed by atoms with Crippen LogP contribution >= 0.6 is 22.7 Å². The highest BCUT2D eigenvalue weighted by Crippen LogP contribution is 2.56. The van der Waals surface area contributed by atoms with Crippen molar-refractivity contribution in [3.05, 3.63) is 215 Å². The highest BCUT2D eigenvalue weighted by atomic mass is 32.1. The zero-order valence-corrected chi connectivity index (χ0v) is 34.6. The molecule has 3 aliphatic carbocycles. The molecule has 0 radical (unpaired) electrons. The average Bonchev–Trinajstić information content (AvgIpc) is 3.99. The lowest BCUT2D eigenvalue weighted by molar-refractivity contribution is 0.754. The molecule has 0 spiro atoms. The van der Waals surface area contributed by atoms with E-state index >= 15 is 0 Å². The van der Waals surface area contributed by atoms with Crippen molar-refractivity contribution in [2.75, 3.05) is 0 Å². The van der Waals surface area contributed by atoms with Crippen molar-refractivity contribution in [1.82, 2.24) is 29.9 Å². The highest BCUT2D eigenvalue weighted by Gasteiger charge is 2.41. The summed E-state index contributed by atoms with van der Waals surface area (Å²) in [7, 11) is 0. The largest absolute Gasteiger partial charge is 0.208 e. The normalized spacial score (nSPS) is 14.8. The molecule has 0 fully saturated rings. The number of thiophene rings is 2. The van der Waals surface area contributed by atoms with Gasteiger partial charge in [0.1, 0.15) is 0 Å². The van der Waals surface area contributed by atoms with Crippen molar-refractivity contribution in [3.8, 4) is 67.0 Å². The molecule has 14 rings (SSSR count). The van der Waals surface area contributed by atoms with Crippen molar-refractivity contribution in [2.24, 2.45) is 0 Å². The van der Waals surface area contributed by atoms with Gasteiger partial charge in [-0.1, -0.05) is 146 Å². The van der Waals surface area contributed by atoms with E-state index in [-0.39, 0.29) is 11.8 Å². The van der Waals surface area contributed by atoms with Crippen LogP contribution in [0.25, 0.3) is 87.1 Å². The van der Waals surface area contributed by atoms with Crippen molar-refractivity contribution in [1.29, 1.82) is 0 Å². The SMILES string of the molecule is c1ccc(-c2nc(-c3ccc4c(c3)C3c5ccccc5C4c4cc(-c5nc(-c6ccccc6)nc(-c6cc7ccccc7s6)n5)ccc43)nc(-c3cc4ccccc4s3)n2)cc1. The fourth-order valence-corrected chi connectivity index (χ4v) is 11.3. The van der Waals surface area contributed by atoms with E-state index in [1.165, 1.54) is 53.6 Å². The highest BCUT2D eigenvalue weighted by molar-refractivity contribution is 7.22. The molecule has 2 bridgehead atoms. The number of benzene rings is 7. The standard InChI is InChI=1S/C54H32N6S2/c1-3-13-31(14-4-1)49-55-51(59-53(57-49)45-29-33-17-7-11-21-43(33)61-45)35-23-25-39-41(27-35)47-37-19-9-10-20-38(37)48(39)42-28-36(24-26-40(42)47)52-56-50(32-15-5-2-6-16-32)58-54(60-52)46-30-34-18-8-12-22-44(34)62-46/h1-30,47-48H. The molecule has 4 heterocycles. The van der Waals surface area contributed by atoms with Crippen LogP contribution in [-0.4, -0.2) is 29.9 Å². The van der Waals surface area contributed by atoms with Crippen LogP contribution in [0.5, 0.6) is 0 Å². The summed E-state index contributed by atoms with van der Waals surface area (Å²) >= 11 is 3.42. The number of rotatable bonds is 6. The predicted molar refractivity (Wildman–Crippen MR) is 251 cm³/mol. The van der Waals surface area contributed by atoms with Crippen LogP contribution in [0.2, 0.25) is 0 Å². The Morgan fingerprint density at radius 1 is 0.274 bits per heavy atom. The van der Waals surface area contributed by atoms with E-state index in [2.05, 4.69) is 146 Å². The molecule has 8 heteroatoms. The Balaban J connectivity index is 0.942. The Labute approximate surface area is 365 Å². The van der Waals surface area contributed by atoms with Gasteiger partial charge in [-0.2, -0.15) is 0 Å². The van der Waals surface area contributed by atoms with Gasteiger partial charge in [0.25, 0.3) is 0 Å². The predicted octanol–water partition coefficient (Wildman–Crippen LogP) is 13.5. The topological polar surface area (TPSA) is 77.3 Å². The molecular weight excluding hydrogens is 797 g/mol. The Morgan fingerprint density at radius 2 is 0.629 bits per heavy atom. The zero-order valence-electron chi connectivity index (χ0n) is 33.0. The smallest absolute Gasteiger partial charge is 0.174 e. The molecule has 0 N–H and O–H groups in total. The molecule has 62 heavy (non-hydrogen) atoms. The molecule has 0 aliphatic heterocycles. The van der Waals surface area contributed by atoms with Gasteiger partial charge < -0.3 is 0 Å². The maximum atomic E-state index is 5.18. The first-order valence-electron chi connectivity index (χ1n) is 20.7. The third kappa shape index (κ3) is 5.75. The minimum absolute atomic E-state index is 0.0417.